The molecule has 7 heteroatoms. The maximum absolute atomic E-state index is 12.2. The molecule has 0 aliphatic carbocycles. The standard InChI is InChI=1S/C11H10ClN5O/c12-8-1-2-13-9(5-8)11(18)16-3-4-17-7-14-15-10(17)6-16/h1-2,5,7H,3-4,6H2. The van der Waals surface area contributed by atoms with Crippen molar-refractivity contribution in [2.24, 2.45) is 0 Å². The predicted octanol–water partition coefficient (Wildman–Crippen LogP) is 0.982. The lowest BCUT2D eigenvalue weighted by atomic mass is 10.2. The first kappa shape index (κ1) is 11.2. The van der Waals surface area contributed by atoms with Gasteiger partial charge in [-0.05, 0) is 12.1 Å². The van der Waals surface area contributed by atoms with Crippen molar-refractivity contribution in [3.63, 3.8) is 0 Å². The lowest BCUT2D eigenvalue weighted by molar-refractivity contribution is 0.0701. The van der Waals surface area contributed by atoms with Crippen molar-refractivity contribution < 1.29 is 4.79 Å². The number of carbonyl (C=O) groups excluding carboxylic acids is 1. The van der Waals surface area contributed by atoms with Crippen LogP contribution in [0.25, 0.3) is 0 Å². The molecule has 0 atom stereocenters. The number of aromatic nitrogens is 4. The highest BCUT2D eigenvalue weighted by Gasteiger charge is 2.23. The van der Waals surface area contributed by atoms with Crippen LogP contribution in [0.15, 0.2) is 24.7 Å². The molecule has 1 aliphatic heterocycles. The van der Waals surface area contributed by atoms with Gasteiger partial charge in [-0.3, -0.25) is 9.78 Å². The van der Waals surface area contributed by atoms with Gasteiger partial charge in [0, 0.05) is 24.3 Å². The Kier molecular flexibility index (Phi) is 2.71. The second-order valence-electron chi connectivity index (χ2n) is 4.03. The Balaban J connectivity index is 1.83. The summed E-state index contributed by atoms with van der Waals surface area (Å²) in [6, 6.07) is 3.22. The quantitative estimate of drug-likeness (QED) is 0.769. The highest BCUT2D eigenvalue weighted by Crippen LogP contribution is 2.14. The minimum Gasteiger partial charge on any atom is -0.328 e. The van der Waals surface area contributed by atoms with Gasteiger partial charge in [0.25, 0.3) is 5.91 Å². The van der Waals surface area contributed by atoms with Gasteiger partial charge < -0.3 is 9.47 Å². The molecule has 3 heterocycles. The van der Waals surface area contributed by atoms with Crippen LogP contribution in [0.2, 0.25) is 5.02 Å². The molecule has 0 aromatic carbocycles. The van der Waals surface area contributed by atoms with E-state index in [0.29, 0.717) is 30.4 Å². The van der Waals surface area contributed by atoms with E-state index in [0.717, 1.165) is 5.82 Å². The Morgan fingerprint density at radius 1 is 1.39 bits per heavy atom. The van der Waals surface area contributed by atoms with Crippen LogP contribution in [0.4, 0.5) is 0 Å². The zero-order valence-corrected chi connectivity index (χ0v) is 10.2. The van der Waals surface area contributed by atoms with Crippen molar-refractivity contribution in [2.75, 3.05) is 6.54 Å². The molecule has 0 saturated heterocycles. The van der Waals surface area contributed by atoms with E-state index in [4.69, 9.17) is 11.6 Å². The third kappa shape index (κ3) is 1.95. The molecule has 0 spiro atoms. The fraction of sp³-hybridized carbons (Fsp3) is 0.273. The Labute approximate surface area is 108 Å². The lowest BCUT2D eigenvalue weighted by Gasteiger charge is -2.26. The summed E-state index contributed by atoms with van der Waals surface area (Å²) >= 11 is 5.85. The largest absolute Gasteiger partial charge is 0.328 e. The van der Waals surface area contributed by atoms with Gasteiger partial charge in [0.15, 0.2) is 5.82 Å². The van der Waals surface area contributed by atoms with Gasteiger partial charge in [0.05, 0.1) is 6.54 Å². The molecular formula is C11H10ClN5O. The first-order valence-corrected chi connectivity index (χ1v) is 5.89. The number of rotatable bonds is 1. The molecule has 0 saturated carbocycles. The van der Waals surface area contributed by atoms with E-state index in [1.807, 2.05) is 4.57 Å². The molecule has 1 amide bonds. The fourth-order valence-corrected chi connectivity index (χ4v) is 2.08. The van der Waals surface area contributed by atoms with E-state index >= 15 is 0 Å². The minimum absolute atomic E-state index is 0.133. The molecule has 1 aliphatic rings. The zero-order valence-electron chi connectivity index (χ0n) is 9.45. The molecule has 92 valence electrons. The molecule has 0 N–H and O–H groups in total. The Hall–Kier alpha value is -1.95. The number of fused-ring (bicyclic) bond motifs is 1. The molecule has 0 bridgehead atoms. The van der Waals surface area contributed by atoms with Gasteiger partial charge in [-0.1, -0.05) is 11.6 Å². The van der Waals surface area contributed by atoms with Crippen molar-refractivity contribution in [1.82, 2.24) is 24.6 Å². The van der Waals surface area contributed by atoms with E-state index in [2.05, 4.69) is 15.2 Å². The minimum atomic E-state index is -0.133. The van der Waals surface area contributed by atoms with E-state index in [9.17, 15) is 4.79 Å². The van der Waals surface area contributed by atoms with Crippen molar-refractivity contribution in [3.8, 4) is 0 Å². The van der Waals surface area contributed by atoms with Gasteiger partial charge >= 0.3 is 0 Å². The van der Waals surface area contributed by atoms with Crippen molar-refractivity contribution in [1.29, 1.82) is 0 Å². The maximum Gasteiger partial charge on any atom is 0.272 e. The number of carbonyl (C=O) groups is 1. The van der Waals surface area contributed by atoms with E-state index < -0.39 is 0 Å². The Bertz CT molecular complexity index is 597. The molecule has 2 aromatic heterocycles. The maximum atomic E-state index is 12.2. The summed E-state index contributed by atoms with van der Waals surface area (Å²) in [4.78, 5) is 18.0. The van der Waals surface area contributed by atoms with Gasteiger partial charge in [-0.15, -0.1) is 10.2 Å². The highest BCUT2D eigenvalue weighted by molar-refractivity contribution is 6.30. The van der Waals surface area contributed by atoms with Crippen LogP contribution in [-0.2, 0) is 13.1 Å². The molecule has 2 aromatic rings. The summed E-state index contributed by atoms with van der Waals surface area (Å²) in [7, 11) is 0. The van der Waals surface area contributed by atoms with Gasteiger partial charge in [0.2, 0.25) is 0 Å². The Morgan fingerprint density at radius 2 is 2.28 bits per heavy atom. The summed E-state index contributed by atoms with van der Waals surface area (Å²) < 4.78 is 1.94. The third-order valence-corrected chi connectivity index (χ3v) is 3.10. The SMILES string of the molecule is O=C(c1cc(Cl)ccn1)N1CCn2cnnc2C1. The second kappa shape index (κ2) is 4.38. The number of hydrogen-bond donors (Lipinski definition) is 0. The van der Waals surface area contributed by atoms with Crippen LogP contribution in [0.3, 0.4) is 0 Å². The second-order valence-corrected chi connectivity index (χ2v) is 4.46. The van der Waals surface area contributed by atoms with Crippen LogP contribution in [0.5, 0.6) is 0 Å². The van der Waals surface area contributed by atoms with Crippen molar-refractivity contribution in [3.05, 3.63) is 41.2 Å². The smallest absolute Gasteiger partial charge is 0.272 e. The van der Waals surface area contributed by atoms with Crippen LogP contribution < -0.4 is 0 Å². The number of hydrogen-bond acceptors (Lipinski definition) is 4. The van der Waals surface area contributed by atoms with Crippen molar-refractivity contribution >= 4 is 17.5 Å². The Morgan fingerprint density at radius 3 is 3.11 bits per heavy atom. The van der Waals surface area contributed by atoms with Crippen LogP contribution >= 0.6 is 11.6 Å². The van der Waals surface area contributed by atoms with E-state index in [-0.39, 0.29) is 5.91 Å². The van der Waals surface area contributed by atoms with E-state index in [1.54, 1.807) is 23.4 Å². The summed E-state index contributed by atoms with van der Waals surface area (Å²) in [5.74, 6) is 0.656. The molecule has 3 rings (SSSR count). The summed E-state index contributed by atoms with van der Waals surface area (Å²) in [6.07, 6.45) is 3.21. The van der Waals surface area contributed by atoms with E-state index in [1.165, 1.54) is 6.20 Å². The molecule has 6 nitrogen and oxygen atoms in total. The van der Waals surface area contributed by atoms with Crippen molar-refractivity contribution in [2.45, 2.75) is 13.1 Å². The highest BCUT2D eigenvalue weighted by atomic mass is 35.5. The summed E-state index contributed by atoms with van der Waals surface area (Å²) in [6.45, 7) is 1.78. The van der Waals surface area contributed by atoms with Gasteiger partial charge in [-0.25, -0.2) is 0 Å². The monoisotopic (exact) mass is 263 g/mol. The number of amides is 1. The zero-order chi connectivity index (χ0) is 12.5. The molecule has 0 radical (unpaired) electrons. The van der Waals surface area contributed by atoms with Crippen LogP contribution in [0.1, 0.15) is 16.3 Å². The fourth-order valence-electron chi connectivity index (χ4n) is 1.92. The van der Waals surface area contributed by atoms with Crippen LogP contribution in [-0.4, -0.2) is 37.1 Å². The van der Waals surface area contributed by atoms with Gasteiger partial charge in [-0.2, -0.15) is 0 Å². The summed E-state index contributed by atoms with van der Waals surface area (Å²) in [5, 5.41) is 8.30. The molecule has 0 unspecified atom stereocenters. The number of pyridine rings is 1. The molecular weight excluding hydrogens is 254 g/mol. The third-order valence-electron chi connectivity index (χ3n) is 2.87. The normalized spacial score (nSPS) is 14.4. The van der Waals surface area contributed by atoms with Crippen LogP contribution in [0, 0.1) is 0 Å². The lowest BCUT2D eigenvalue weighted by Crippen LogP contribution is -2.38. The number of halogens is 1. The average molecular weight is 264 g/mol. The first-order chi connectivity index (χ1) is 8.74. The first-order valence-electron chi connectivity index (χ1n) is 5.51. The molecule has 18 heavy (non-hydrogen) atoms. The number of nitrogens with zero attached hydrogens (tertiary/aromatic N) is 5. The topological polar surface area (TPSA) is 63.9 Å². The predicted molar refractivity (Wildman–Crippen MR) is 64.0 cm³/mol. The average Bonchev–Trinajstić information content (AvgIpc) is 2.85. The summed E-state index contributed by atoms with van der Waals surface area (Å²) in [5.41, 5.74) is 0.357. The van der Waals surface area contributed by atoms with Gasteiger partial charge in [0.1, 0.15) is 12.0 Å². The molecule has 0 fully saturated rings.